The van der Waals surface area contributed by atoms with Crippen LogP contribution in [0.4, 0.5) is 20.8 Å². The van der Waals surface area contributed by atoms with Crippen molar-refractivity contribution in [1.29, 1.82) is 0 Å². The van der Waals surface area contributed by atoms with E-state index in [-0.39, 0.29) is 47.5 Å². The third-order valence-corrected chi connectivity index (χ3v) is 7.16. The van der Waals surface area contributed by atoms with Gasteiger partial charge >= 0.3 is 6.03 Å². The van der Waals surface area contributed by atoms with Gasteiger partial charge in [-0.2, -0.15) is 4.98 Å². The van der Waals surface area contributed by atoms with E-state index >= 15 is 4.39 Å². The molecule has 0 aliphatic carbocycles. The van der Waals surface area contributed by atoms with E-state index in [4.69, 9.17) is 24.5 Å². The molecule has 3 aliphatic heterocycles. The fraction of sp³-hybridized carbons (Fsp3) is 0.556. The highest BCUT2D eigenvalue weighted by molar-refractivity contribution is 6.03. The van der Waals surface area contributed by atoms with Crippen LogP contribution in [0.3, 0.4) is 0 Å². The van der Waals surface area contributed by atoms with E-state index in [1.54, 1.807) is 17.9 Å². The van der Waals surface area contributed by atoms with E-state index in [1.807, 2.05) is 25.7 Å². The Labute approximate surface area is 226 Å². The Balaban J connectivity index is 1.57. The summed E-state index contributed by atoms with van der Waals surface area (Å²) in [5.74, 6) is -0.425. The zero-order chi connectivity index (χ0) is 27.9. The van der Waals surface area contributed by atoms with Crippen molar-refractivity contribution in [3.8, 4) is 17.1 Å². The molecule has 2 aromatic rings. The smallest absolute Gasteiger partial charge is 0.319 e. The number of nitrogens with one attached hydrogen (secondary N) is 2. The zero-order valence-electron chi connectivity index (χ0n) is 22.7. The van der Waals surface area contributed by atoms with Gasteiger partial charge in [-0.05, 0) is 52.7 Å². The lowest BCUT2D eigenvalue weighted by molar-refractivity contribution is 0.0297. The number of likely N-dealkylation sites (N-methyl/N-ethyl adjacent to an activating group) is 1. The fourth-order valence-corrected chi connectivity index (χ4v) is 5.25. The Morgan fingerprint density at radius 1 is 1.26 bits per heavy atom. The van der Waals surface area contributed by atoms with Crippen molar-refractivity contribution in [2.24, 2.45) is 0 Å². The number of ether oxygens (including phenoxy) is 2. The van der Waals surface area contributed by atoms with Gasteiger partial charge in [0.25, 0.3) is 5.91 Å². The maximum absolute atomic E-state index is 15.3. The maximum atomic E-state index is 15.3. The fourth-order valence-electron chi connectivity index (χ4n) is 5.25. The molecule has 11 nitrogen and oxygen atoms in total. The number of carbonyl (C=O) groups excluding carboxylic acids is 2. The molecule has 3 N–H and O–H groups in total. The van der Waals surface area contributed by atoms with Gasteiger partial charge in [0, 0.05) is 25.2 Å². The van der Waals surface area contributed by atoms with Gasteiger partial charge in [-0.3, -0.25) is 4.79 Å². The monoisotopic (exact) mass is 542 g/mol. The molecule has 0 spiro atoms. The average molecular weight is 543 g/mol. The molecule has 0 radical (unpaired) electrons. The molecule has 1 aromatic carbocycles. The first-order valence-corrected chi connectivity index (χ1v) is 13.4. The summed E-state index contributed by atoms with van der Waals surface area (Å²) in [7, 11) is 0. The molecule has 3 amide bonds. The second kappa shape index (κ2) is 10.6. The van der Waals surface area contributed by atoms with Gasteiger partial charge in [0.15, 0.2) is 0 Å². The third kappa shape index (κ3) is 5.62. The Bertz CT molecular complexity index is 1260. The van der Waals surface area contributed by atoms with Crippen LogP contribution in [0.15, 0.2) is 18.2 Å². The molecule has 210 valence electrons. The lowest BCUT2D eigenvalue weighted by atomic mass is 10.0. The molecule has 3 atom stereocenters. The Morgan fingerprint density at radius 2 is 1.97 bits per heavy atom. The van der Waals surface area contributed by atoms with Crippen LogP contribution in [0.25, 0.3) is 11.3 Å². The Hall–Kier alpha value is -3.51. The van der Waals surface area contributed by atoms with Crippen LogP contribution in [0.2, 0.25) is 0 Å². The number of hydrogen-bond donors (Lipinski definition) is 3. The number of aliphatic hydroxyl groups is 1. The molecule has 5 rings (SSSR count). The number of aromatic nitrogens is 2. The summed E-state index contributed by atoms with van der Waals surface area (Å²) in [6, 6.07) is 3.12. The molecule has 2 fully saturated rings. The third-order valence-electron chi connectivity index (χ3n) is 7.16. The molecule has 0 saturated carbocycles. The van der Waals surface area contributed by atoms with E-state index in [9.17, 15) is 9.59 Å². The van der Waals surface area contributed by atoms with E-state index < -0.39 is 23.5 Å². The number of benzene rings is 1. The van der Waals surface area contributed by atoms with Crippen LogP contribution >= 0.6 is 0 Å². The van der Waals surface area contributed by atoms with Crippen molar-refractivity contribution in [2.75, 3.05) is 43.0 Å². The lowest BCUT2D eigenvalue weighted by Gasteiger charge is -2.33. The number of rotatable bonds is 6. The van der Waals surface area contributed by atoms with Gasteiger partial charge < -0.3 is 35.0 Å². The number of fused-ring (bicyclic) bond motifs is 3. The quantitative estimate of drug-likeness (QED) is 0.508. The van der Waals surface area contributed by atoms with Crippen LogP contribution in [-0.4, -0.2) is 88.5 Å². The summed E-state index contributed by atoms with van der Waals surface area (Å²) in [6.07, 6.45) is 2.12. The average Bonchev–Trinajstić information content (AvgIpc) is 3.19. The van der Waals surface area contributed by atoms with Crippen LogP contribution in [0.5, 0.6) is 5.88 Å². The molecule has 2 saturated heterocycles. The number of amides is 3. The summed E-state index contributed by atoms with van der Waals surface area (Å²) < 4.78 is 27.6. The van der Waals surface area contributed by atoms with Crippen LogP contribution < -0.4 is 20.3 Å². The van der Waals surface area contributed by atoms with Gasteiger partial charge in [-0.25, -0.2) is 14.2 Å². The second-order valence-electron chi connectivity index (χ2n) is 11.0. The normalized spacial score (nSPS) is 22.6. The van der Waals surface area contributed by atoms with Gasteiger partial charge in [0.2, 0.25) is 11.8 Å². The minimum atomic E-state index is -0.706. The minimum absolute atomic E-state index is 0.0505. The van der Waals surface area contributed by atoms with E-state index in [0.717, 1.165) is 12.8 Å². The first-order valence-electron chi connectivity index (χ1n) is 13.4. The standard InChI is InChI=1S/C27H35FN6O5/c1-5-33-14-27(3,4)39-23-21(24(33)36)22(31-25(32-23)34-11-17-7-8-18(12-34)38-17)16-6-9-20(19(28)10-16)30-26(37)29-15(2)13-35/h6,9-10,15,17-18,35H,5,7-8,11-14H2,1-4H3,(H2,29,30,37). The number of nitrogens with zero attached hydrogens (tertiary/aromatic N) is 4. The van der Waals surface area contributed by atoms with Gasteiger partial charge in [0.1, 0.15) is 17.0 Å². The van der Waals surface area contributed by atoms with Crippen LogP contribution in [-0.2, 0) is 4.74 Å². The lowest BCUT2D eigenvalue weighted by Crippen LogP contribution is -2.43. The van der Waals surface area contributed by atoms with Crippen LogP contribution in [0, 0.1) is 5.82 Å². The van der Waals surface area contributed by atoms with E-state index in [0.29, 0.717) is 37.7 Å². The summed E-state index contributed by atoms with van der Waals surface area (Å²) in [5, 5.41) is 14.1. The van der Waals surface area contributed by atoms with Crippen molar-refractivity contribution in [1.82, 2.24) is 20.2 Å². The number of aliphatic hydroxyl groups excluding tert-OH is 1. The number of urea groups is 1. The Morgan fingerprint density at radius 3 is 2.62 bits per heavy atom. The van der Waals surface area contributed by atoms with E-state index in [1.165, 1.54) is 12.1 Å². The highest BCUT2D eigenvalue weighted by atomic mass is 19.1. The summed E-state index contributed by atoms with van der Waals surface area (Å²) in [6.45, 7) is 9.11. The molecular formula is C27H35FN6O5. The molecule has 39 heavy (non-hydrogen) atoms. The molecular weight excluding hydrogens is 507 g/mol. The molecule has 3 aliphatic rings. The van der Waals surface area contributed by atoms with Gasteiger partial charge in [-0.15, -0.1) is 0 Å². The highest BCUT2D eigenvalue weighted by Gasteiger charge is 2.39. The molecule has 12 heteroatoms. The van der Waals surface area contributed by atoms with Crippen molar-refractivity contribution in [2.45, 2.75) is 64.4 Å². The van der Waals surface area contributed by atoms with Crippen molar-refractivity contribution in [3.05, 3.63) is 29.6 Å². The van der Waals surface area contributed by atoms with Gasteiger partial charge in [-0.1, -0.05) is 6.07 Å². The molecule has 4 heterocycles. The predicted octanol–water partition coefficient (Wildman–Crippen LogP) is 2.79. The summed E-state index contributed by atoms with van der Waals surface area (Å²) in [5.41, 5.74) is 0.0364. The first kappa shape index (κ1) is 27.1. The van der Waals surface area contributed by atoms with Crippen molar-refractivity contribution >= 4 is 23.6 Å². The maximum Gasteiger partial charge on any atom is 0.319 e. The summed E-state index contributed by atoms with van der Waals surface area (Å²) in [4.78, 5) is 39.1. The minimum Gasteiger partial charge on any atom is -0.469 e. The van der Waals surface area contributed by atoms with E-state index in [2.05, 4.69) is 10.6 Å². The Kier molecular flexibility index (Phi) is 7.34. The number of anilines is 2. The van der Waals surface area contributed by atoms with Gasteiger partial charge in [0.05, 0.1) is 42.8 Å². The SMILES string of the molecule is CCN1CC(C)(C)Oc2nc(N3CC4CCC(C3)O4)nc(-c3ccc(NC(=O)NC(C)CO)c(F)c3)c2C1=O. The summed E-state index contributed by atoms with van der Waals surface area (Å²) >= 11 is 0. The molecule has 2 bridgehead atoms. The topological polar surface area (TPSA) is 129 Å². The largest absolute Gasteiger partial charge is 0.469 e. The zero-order valence-corrected chi connectivity index (χ0v) is 22.7. The first-order chi connectivity index (χ1) is 18.6. The number of hydrogen-bond acceptors (Lipinski definition) is 8. The highest BCUT2D eigenvalue weighted by Crippen LogP contribution is 2.38. The molecule has 1 aromatic heterocycles. The van der Waals surface area contributed by atoms with Crippen molar-refractivity contribution < 1.29 is 28.6 Å². The van der Waals surface area contributed by atoms with Crippen molar-refractivity contribution in [3.63, 3.8) is 0 Å². The number of morpholine rings is 1. The second-order valence-corrected chi connectivity index (χ2v) is 11.0. The molecule has 3 unspecified atom stereocenters. The van der Waals surface area contributed by atoms with Crippen LogP contribution in [0.1, 0.15) is 50.9 Å². The number of carbonyl (C=O) groups is 2. The number of halogens is 1. The predicted molar refractivity (Wildman–Crippen MR) is 143 cm³/mol.